The predicted molar refractivity (Wildman–Crippen MR) is 192 cm³/mol. The Bertz CT molecular complexity index is 2160. The van der Waals surface area contributed by atoms with E-state index in [2.05, 4.69) is 26.9 Å². The van der Waals surface area contributed by atoms with Crippen LogP contribution in [0.1, 0.15) is 59.3 Å². The van der Waals surface area contributed by atoms with E-state index in [4.69, 9.17) is 21.3 Å². The van der Waals surface area contributed by atoms with Crippen LogP contribution in [0, 0.1) is 0 Å². The number of hydrogen-bond acceptors (Lipinski definition) is 7. The number of anilines is 1. The van der Waals surface area contributed by atoms with Crippen LogP contribution >= 0.6 is 11.6 Å². The van der Waals surface area contributed by atoms with E-state index in [1.165, 1.54) is 30.4 Å². The predicted octanol–water partition coefficient (Wildman–Crippen LogP) is 4.42. The highest BCUT2D eigenvalue weighted by Crippen LogP contribution is 2.46. The Kier molecular flexibility index (Phi) is 8.77. The molecule has 7 rings (SSSR count). The Morgan fingerprint density at radius 3 is 2.62 bits per heavy atom. The van der Waals surface area contributed by atoms with Gasteiger partial charge in [-0.3, -0.25) is 19.1 Å². The van der Waals surface area contributed by atoms with Crippen LogP contribution in [-0.4, -0.2) is 63.2 Å². The fraction of sp³-hybridized carbons (Fsp3) is 0.378. The average molecular weight is 698 g/mol. The summed E-state index contributed by atoms with van der Waals surface area (Å²) in [6, 6.07) is 13.6. The monoisotopic (exact) mass is 697 g/mol. The molecule has 2 aliphatic heterocycles. The number of ether oxygens (including phenoxy) is 1. The molecule has 1 aliphatic carbocycles. The summed E-state index contributed by atoms with van der Waals surface area (Å²) >= 11 is 7.21. The normalized spacial score (nSPS) is 20.0. The van der Waals surface area contributed by atoms with Crippen molar-refractivity contribution in [3.8, 4) is 28.3 Å². The van der Waals surface area contributed by atoms with Crippen molar-refractivity contribution in [1.29, 1.82) is 0 Å². The second kappa shape index (κ2) is 13.1. The molecule has 0 bridgehead atoms. The number of likely N-dealkylation sites (tertiary alicyclic amines) is 1. The molecule has 50 heavy (non-hydrogen) atoms. The number of hydrogen-bond donors (Lipinski definition) is 3. The zero-order valence-electron chi connectivity index (χ0n) is 28.6. The summed E-state index contributed by atoms with van der Waals surface area (Å²) in [5, 5.41) is 9.48. The van der Waals surface area contributed by atoms with E-state index in [1.807, 2.05) is 37.3 Å². The molecule has 2 aromatic heterocycles. The molecule has 2 atom stereocenters. The third-order valence-electron chi connectivity index (χ3n) is 10.4. The SMILES string of the molecule is CCc1c(NC(=O)c2cn(C)c(=O)n(C)c2=O)cccc1-c1cccc(-c2cc3c(c(OC)n2)C(N2CCC4(CCNC(=O)N4)C2)CC3)c1Cl. The van der Waals surface area contributed by atoms with Gasteiger partial charge in [-0.1, -0.05) is 48.9 Å². The summed E-state index contributed by atoms with van der Waals surface area (Å²) in [7, 11) is 4.49. The zero-order chi connectivity index (χ0) is 35.3. The van der Waals surface area contributed by atoms with E-state index in [0.717, 1.165) is 71.2 Å². The Labute approximate surface area is 294 Å². The van der Waals surface area contributed by atoms with Crippen molar-refractivity contribution in [3.63, 3.8) is 0 Å². The van der Waals surface area contributed by atoms with Crippen LogP contribution in [0.15, 0.2) is 58.3 Å². The summed E-state index contributed by atoms with van der Waals surface area (Å²) in [6.45, 7) is 4.36. The highest BCUT2D eigenvalue weighted by molar-refractivity contribution is 6.36. The highest BCUT2D eigenvalue weighted by atomic mass is 35.5. The number of fused-ring (bicyclic) bond motifs is 1. The number of amides is 3. The number of nitrogens with one attached hydrogen (secondary N) is 3. The van der Waals surface area contributed by atoms with E-state index >= 15 is 0 Å². The first-order valence-electron chi connectivity index (χ1n) is 16.9. The summed E-state index contributed by atoms with van der Waals surface area (Å²) in [6.07, 6.45) is 5.46. The third kappa shape index (κ3) is 5.75. The standard InChI is InChI=1S/C37H40ClN7O5/c1-5-22-23(8-7-11-27(22)40-32(46)26-19-43(2)36(49)44(3)34(26)47)24-9-6-10-25(31(24)38)28-18-21-12-13-29(30(21)33(41-28)50-4)45-17-15-37(20-45)14-16-39-35(48)42-37/h6-11,18-19,29H,5,12-17,20H2,1-4H3,(H,40,46)(H2,39,42,48). The Hall–Kier alpha value is -4.94. The zero-order valence-corrected chi connectivity index (χ0v) is 29.3. The number of nitrogens with zero attached hydrogens (tertiary/aromatic N) is 4. The second-order valence-corrected chi connectivity index (χ2v) is 13.8. The number of carbonyl (C=O) groups excluding carboxylic acids is 2. The lowest BCUT2D eigenvalue weighted by molar-refractivity contribution is 0.102. The van der Waals surface area contributed by atoms with Crippen molar-refractivity contribution in [1.82, 2.24) is 29.7 Å². The Morgan fingerprint density at radius 1 is 1.10 bits per heavy atom. The first kappa shape index (κ1) is 33.6. The molecule has 3 aliphatic rings. The minimum absolute atomic E-state index is 0.0937. The first-order chi connectivity index (χ1) is 24.0. The van der Waals surface area contributed by atoms with Crippen molar-refractivity contribution in [3.05, 3.63) is 96.8 Å². The van der Waals surface area contributed by atoms with Gasteiger partial charge in [0.2, 0.25) is 5.88 Å². The largest absolute Gasteiger partial charge is 0.481 e. The van der Waals surface area contributed by atoms with E-state index < -0.39 is 17.2 Å². The van der Waals surface area contributed by atoms with Gasteiger partial charge in [-0.25, -0.2) is 14.6 Å². The van der Waals surface area contributed by atoms with Gasteiger partial charge < -0.3 is 25.3 Å². The number of methoxy groups -OCH3 is 1. The van der Waals surface area contributed by atoms with Gasteiger partial charge in [-0.15, -0.1) is 0 Å². The second-order valence-electron chi connectivity index (χ2n) is 13.4. The molecular formula is C37H40ClN7O5. The van der Waals surface area contributed by atoms with Gasteiger partial charge in [0.25, 0.3) is 11.5 Å². The summed E-state index contributed by atoms with van der Waals surface area (Å²) in [5.41, 5.74) is 5.25. The molecule has 13 heteroatoms. The average Bonchev–Trinajstić information content (AvgIpc) is 3.72. The molecular weight excluding hydrogens is 658 g/mol. The van der Waals surface area contributed by atoms with Crippen LogP contribution < -0.4 is 31.9 Å². The Morgan fingerprint density at radius 2 is 1.86 bits per heavy atom. The van der Waals surface area contributed by atoms with Crippen LogP contribution in [-0.2, 0) is 26.9 Å². The van der Waals surface area contributed by atoms with Gasteiger partial charge in [-0.05, 0) is 60.9 Å². The topological polar surface area (TPSA) is 140 Å². The van der Waals surface area contributed by atoms with E-state index in [-0.39, 0.29) is 23.2 Å². The van der Waals surface area contributed by atoms with E-state index in [1.54, 1.807) is 13.2 Å². The lowest BCUT2D eigenvalue weighted by Gasteiger charge is -2.36. The fourth-order valence-electron chi connectivity index (χ4n) is 7.91. The number of halogens is 1. The van der Waals surface area contributed by atoms with Crippen molar-refractivity contribution < 1.29 is 14.3 Å². The van der Waals surface area contributed by atoms with E-state index in [9.17, 15) is 19.2 Å². The number of carbonyl (C=O) groups is 2. The maximum absolute atomic E-state index is 13.3. The number of rotatable bonds is 7. The molecule has 2 unspecified atom stereocenters. The summed E-state index contributed by atoms with van der Waals surface area (Å²) in [4.78, 5) is 57.8. The minimum Gasteiger partial charge on any atom is -0.481 e. The van der Waals surface area contributed by atoms with Crippen molar-refractivity contribution in [2.45, 2.75) is 50.6 Å². The first-order valence-corrected chi connectivity index (χ1v) is 17.3. The lowest BCUT2D eigenvalue weighted by Crippen LogP contribution is -2.59. The fourth-order valence-corrected chi connectivity index (χ4v) is 8.23. The molecule has 0 radical (unpaired) electrons. The number of aryl methyl sites for hydroxylation is 2. The quantitative estimate of drug-likeness (QED) is 0.260. The maximum Gasteiger partial charge on any atom is 0.330 e. The summed E-state index contributed by atoms with van der Waals surface area (Å²) < 4.78 is 8.05. The van der Waals surface area contributed by atoms with Crippen LogP contribution in [0.25, 0.3) is 22.4 Å². The highest BCUT2D eigenvalue weighted by Gasteiger charge is 2.45. The molecule has 2 saturated heterocycles. The summed E-state index contributed by atoms with van der Waals surface area (Å²) in [5.74, 6) is -0.0227. The maximum atomic E-state index is 13.3. The van der Waals surface area contributed by atoms with Gasteiger partial charge in [0, 0.05) is 68.3 Å². The van der Waals surface area contributed by atoms with Crippen LogP contribution in [0.2, 0.25) is 5.02 Å². The van der Waals surface area contributed by atoms with Gasteiger partial charge >= 0.3 is 11.7 Å². The third-order valence-corrected chi connectivity index (χ3v) is 10.9. The molecule has 12 nitrogen and oxygen atoms in total. The number of urea groups is 1. The molecule has 2 fully saturated rings. The molecule has 3 amide bonds. The molecule has 3 N–H and O–H groups in total. The molecule has 4 aromatic rings. The van der Waals surface area contributed by atoms with Crippen LogP contribution in [0.5, 0.6) is 5.88 Å². The minimum atomic E-state index is -0.668. The van der Waals surface area contributed by atoms with Gasteiger partial charge in [0.15, 0.2) is 0 Å². The smallest absolute Gasteiger partial charge is 0.330 e. The molecule has 2 aromatic carbocycles. The Balaban J connectivity index is 1.20. The van der Waals surface area contributed by atoms with Crippen molar-refractivity contribution in [2.24, 2.45) is 14.1 Å². The van der Waals surface area contributed by atoms with Crippen LogP contribution in [0.4, 0.5) is 10.5 Å². The molecule has 0 saturated carbocycles. The van der Waals surface area contributed by atoms with Crippen molar-refractivity contribution >= 4 is 29.2 Å². The number of pyridine rings is 1. The van der Waals surface area contributed by atoms with Gasteiger partial charge in [0.1, 0.15) is 5.56 Å². The van der Waals surface area contributed by atoms with Gasteiger partial charge in [0.05, 0.1) is 23.4 Å². The molecule has 1 spiro atoms. The molecule has 4 heterocycles. The number of aromatic nitrogens is 3. The lowest BCUT2D eigenvalue weighted by atomic mass is 9.93. The van der Waals surface area contributed by atoms with E-state index in [0.29, 0.717) is 35.2 Å². The molecule has 260 valence electrons. The van der Waals surface area contributed by atoms with Crippen LogP contribution in [0.3, 0.4) is 0 Å². The number of benzene rings is 2. The van der Waals surface area contributed by atoms with Gasteiger partial charge in [-0.2, -0.15) is 0 Å². The van der Waals surface area contributed by atoms with Crippen molar-refractivity contribution in [2.75, 3.05) is 32.1 Å².